The number of ether oxygens (including phenoxy) is 1. The predicted octanol–water partition coefficient (Wildman–Crippen LogP) is 1.93. The summed E-state index contributed by atoms with van der Waals surface area (Å²) in [6, 6.07) is 6.22. The molecule has 0 amide bonds. The molecule has 1 aromatic rings. The van der Waals surface area contributed by atoms with Gasteiger partial charge >= 0.3 is 0 Å². The van der Waals surface area contributed by atoms with Crippen molar-refractivity contribution in [3.63, 3.8) is 0 Å². The second-order valence-corrected chi connectivity index (χ2v) is 6.08. The number of aliphatic imine (C=N–C) groups is 1. The zero-order valence-electron chi connectivity index (χ0n) is 14.0. The van der Waals surface area contributed by atoms with E-state index in [1.54, 1.807) is 12.3 Å². The highest BCUT2D eigenvalue weighted by Crippen LogP contribution is 2.27. The van der Waals surface area contributed by atoms with Gasteiger partial charge in [0.1, 0.15) is 19.0 Å². The first-order valence-electron chi connectivity index (χ1n) is 8.14. The van der Waals surface area contributed by atoms with Crippen LogP contribution in [0, 0.1) is 0 Å². The number of likely N-dealkylation sites (N-methyl/N-ethyl adjacent to an activating group) is 1. The van der Waals surface area contributed by atoms with Crippen LogP contribution in [0.25, 0.3) is 0 Å². The number of hydrogen-bond donors (Lipinski definition) is 3. The van der Waals surface area contributed by atoms with Gasteiger partial charge in [0.25, 0.3) is 0 Å². The molecule has 1 aliphatic rings. The van der Waals surface area contributed by atoms with Crippen molar-refractivity contribution in [1.82, 2.24) is 10.2 Å². The Kier molecular flexibility index (Phi) is 7.88. The third-order valence-corrected chi connectivity index (χ3v) is 4.28. The molecule has 1 aliphatic heterocycles. The van der Waals surface area contributed by atoms with Gasteiger partial charge < -0.3 is 21.1 Å². The summed E-state index contributed by atoms with van der Waals surface area (Å²) in [6.45, 7) is 4.09. The lowest BCUT2D eigenvalue weighted by Gasteiger charge is -2.23. The van der Waals surface area contributed by atoms with E-state index in [4.69, 9.17) is 22.1 Å². The summed E-state index contributed by atoms with van der Waals surface area (Å²) < 4.78 is 5.85. The van der Waals surface area contributed by atoms with Gasteiger partial charge in [-0.1, -0.05) is 11.6 Å². The van der Waals surface area contributed by atoms with Gasteiger partial charge in [0.15, 0.2) is 0 Å². The van der Waals surface area contributed by atoms with Crippen LogP contribution < -0.4 is 21.1 Å². The lowest BCUT2D eigenvalue weighted by atomic mass is 10.2. The second kappa shape index (κ2) is 10.2. The van der Waals surface area contributed by atoms with E-state index in [9.17, 15) is 0 Å². The molecule has 0 spiro atoms. The largest absolute Gasteiger partial charge is 0.491 e. The minimum atomic E-state index is 0.461. The molecule has 24 heavy (non-hydrogen) atoms. The van der Waals surface area contributed by atoms with E-state index >= 15 is 0 Å². The Balaban J connectivity index is 1.79. The summed E-state index contributed by atoms with van der Waals surface area (Å²) in [6.07, 6.45) is 5.95. The fourth-order valence-corrected chi connectivity index (χ4v) is 2.69. The van der Waals surface area contributed by atoms with Gasteiger partial charge in [-0.3, -0.25) is 9.89 Å². The molecule has 6 nitrogen and oxygen atoms in total. The van der Waals surface area contributed by atoms with Gasteiger partial charge in [0.05, 0.1) is 5.02 Å². The number of allylic oxidation sites excluding steroid dienone is 1. The van der Waals surface area contributed by atoms with Crippen LogP contribution in [0.4, 0.5) is 5.69 Å². The van der Waals surface area contributed by atoms with E-state index in [2.05, 4.69) is 27.6 Å². The Labute approximate surface area is 148 Å². The van der Waals surface area contributed by atoms with Crippen LogP contribution in [0.5, 0.6) is 5.75 Å². The van der Waals surface area contributed by atoms with Crippen molar-refractivity contribution < 1.29 is 4.74 Å². The molecule has 0 bridgehead atoms. The molecule has 2 rings (SSSR count). The molecule has 132 valence electrons. The van der Waals surface area contributed by atoms with Crippen LogP contribution in [0.1, 0.15) is 6.42 Å². The number of nitrogens with two attached hydrogens (primary N) is 1. The summed E-state index contributed by atoms with van der Waals surface area (Å²) in [5.74, 6) is 0.686. The Bertz CT molecular complexity index is 558. The molecule has 1 aromatic carbocycles. The first-order valence-corrected chi connectivity index (χ1v) is 8.52. The average molecular weight is 352 g/mol. The first-order chi connectivity index (χ1) is 11.7. The lowest BCUT2D eigenvalue weighted by molar-refractivity contribution is 0.199. The van der Waals surface area contributed by atoms with E-state index in [0.29, 0.717) is 30.1 Å². The van der Waals surface area contributed by atoms with Crippen molar-refractivity contribution in [3.8, 4) is 5.75 Å². The van der Waals surface area contributed by atoms with Crippen LogP contribution in [0.2, 0.25) is 5.02 Å². The number of nitrogens with one attached hydrogen (secondary N) is 2. The van der Waals surface area contributed by atoms with Crippen LogP contribution in [-0.4, -0.2) is 57.1 Å². The van der Waals surface area contributed by atoms with Gasteiger partial charge in [0.2, 0.25) is 0 Å². The normalized spacial score (nSPS) is 18.0. The smallest absolute Gasteiger partial charge is 0.140 e. The zero-order chi connectivity index (χ0) is 17.2. The summed E-state index contributed by atoms with van der Waals surface area (Å²) in [4.78, 5) is 6.48. The van der Waals surface area contributed by atoms with Gasteiger partial charge in [-0.2, -0.15) is 0 Å². The SMILES string of the molecule is CN(CCOc1cc(NC/N=C\C=C/N)ccc1Cl)C1CCNC1. The highest BCUT2D eigenvalue weighted by Gasteiger charge is 2.18. The predicted molar refractivity (Wildman–Crippen MR) is 101 cm³/mol. The first kappa shape index (κ1) is 18.6. The molecule has 0 radical (unpaired) electrons. The Hall–Kier alpha value is -1.76. The Morgan fingerprint density at radius 3 is 3.17 bits per heavy atom. The quantitative estimate of drug-likeness (QED) is 0.593. The second-order valence-electron chi connectivity index (χ2n) is 5.67. The number of anilines is 1. The molecule has 7 heteroatoms. The van der Waals surface area contributed by atoms with Crippen LogP contribution in [0.15, 0.2) is 35.5 Å². The van der Waals surface area contributed by atoms with Crippen molar-refractivity contribution in [2.24, 2.45) is 10.7 Å². The molecule has 1 atom stereocenters. The van der Waals surface area contributed by atoms with Crippen LogP contribution in [-0.2, 0) is 0 Å². The molecule has 4 N–H and O–H groups in total. The molecule has 0 aromatic heterocycles. The van der Waals surface area contributed by atoms with Crippen LogP contribution >= 0.6 is 11.6 Å². The Morgan fingerprint density at radius 1 is 1.54 bits per heavy atom. The third-order valence-electron chi connectivity index (χ3n) is 3.97. The summed E-state index contributed by atoms with van der Waals surface area (Å²) in [5.41, 5.74) is 6.15. The summed E-state index contributed by atoms with van der Waals surface area (Å²) in [5, 5.41) is 7.17. The van der Waals surface area contributed by atoms with Gasteiger partial charge in [-0.15, -0.1) is 0 Å². The van der Waals surface area contributed by atoms with Gasteiger partial charge in [-0.25, -0.2) is 0 Å². The molecule has 1 saturated heterocycles. The van der Waals surface area contributed by atoms with E-state index < -0.39 is 0 Å². The minimum Gasteiger partial charge on any atom is -0.491 e. The van der Waals surface area contributed by atoms with Gasteiger partial charge in [-0.05, 0) is 44.4 Å². The monoisotopic (exact) mass is 351 g/mol. The van der Waals surface area contributed by atoms with Crippen molar-refractivity contribution >= 4 is 23.5 Å². The average Bonchev–Trinajstić information content (AvgIpc) is 3.12. The maximum absolute atomic E-state index is 6.21. The molecule has 1 heterocycles. The fourth-order valence-electron chi connectivity index (χ4n) is 2.52. The summed E-state index contributed by atoms with van der Waals surface area (Å²) in [7, 11) is 2.13. The third kappa shape index (κ3) is 6.03. The van der Waals surface area contributed by atoms with Crippen molar-refractivity contribution in [2.75, 3.05) is 45.3 Å². The molecular weight excluding hydrogens is 326 g/mol. The minimum absolute atomic E-state index is 0.461. The number of benzene rings is 1. The maximum atomic E-state index is 6.21. The van der Waals surface area contributed by atoms with E-state index in [1.807, 2.05) is 18.2 Å². The molecular formula is C17H26ClN5O. The standard InChI is InChI=1S/C17H26ClN5O/c1-23(15-5-8-20-12-15)9-10-24-17-11-14(3-4-16(17)18)22-13-21-7-2-6-19/h2-4,6-7,11,15,20,22H,5,8-10,12-13,19H2,1H3/b6-2-,21-7-. The topological polar surface area (TPSA) is 74.9 Å². The lowest BCUT2D eigenvalue weighted by Crippen LogP contribution is -2.36. The van der Waals surface area contributed by atoms with E-state index in [1.165, 1.54) is 12.6 Å². The molecule has 0 saturated carbocycles. The number of nitrogens with zero attached hydrogens (tertiary/aromatic N) is 2. The fraction of sp³-hybridized carbons (Fsp3) is 0.471. The highest BCUT2D eigenvalue weighted by molar-refractivity contribution is 6.32. The van der Waals surface area contributed by atoms with E-state index in [0.717, 1.165) is 25.3 Å². The molecule has 0 aliphatic carbocycles. The molecule has 1 unspecified atom stereocenters. The van der Waals surface area contributed by atoms with Crippen molar-refractivity contribution in [1.29, 1.82) is 0 Å². The maximum Gasteiger partial charge on any atom is 0.140 e. The highest BCUT2D eigenvalue weighted by atomic mass is 35.5. The number of hydrogen-bond acceptors (Lipinski definition) is 6. The zero-order valence-corrected chi connectivity index (χ0v) is 14.8. The van der Waals surface area contributed by atoms with Crippen LogP contribution in [0.3, 0.4) is 0 Å². The number of rotatable bonds is 9. The Morgan fingerprint density at radius 2 is 2.42 bits per heavy atom. The molecule has 1 fully saturated rings. The van der Waals surface area contributed by atoms with E-state index in [-0.39, 0.29) is 0 Å². The van der Waals surface area contributed by atoms with Crippen molar-refractivity contribution in [2.45, 2.75) is 12.5 Å². The number of halogens is 1. The summed E-state index contributed by atoms with van der Waals surface area (Å²) >= 11 is 6.21. The van der Waals surface area contributed by atoms with Gasteiger partial charge in [0, 0.05) is 37.1 Å². The van der Waals surface area contributed by atoms with Crippen molar-refractivity contribution in [3.05, 3.63) is 35.5 Å².